The molecule has 1 amide bonds. The van der Waals surface area contributed by atoms with Gasteiger partial charge >= 0.3 is 0 Å². The molecule has 7 heteroatoms. The minimum absolute atomic E-state index is 0.0720. The summed E-state index contributed by atoms with van der Waals surface area (Å²) in [7, 11) is 3.96. The van der Waals surface area contributed by atoms with Crippen molar-refractivity contribution in [1.82, 2.24) is 9.88 Å². The first-order valence-corrected chi connectivity index (χ1v) is 8.68. The van der Waals surface area contributed by atoms with E-state index in [1.54, 1.807) is 36.7 Å². The number of furan rings is 1. The Balaban J connectivity index is 1.95. The van der Waals surface area contributed by atoms with Crippen LogP contribution in [0.5, 0.6) is 0 Å². The molecule has 0 fully saturated rings. The lowest BCUT2D eigenvalue weighted by atomic mass is 9.96. The Morgan fingerprint density at radius 2 is 2.07 bits per heavy atom. The molecular formula is C20H22N3O4+. The van der Waals surface area contributed by atoms with Crippen LogP contribution in [0.25, 0.3) is 6.08 Å². The number of nitrogens with one attached hydrogen (secondary N) is 1. The first-order chi connectivity index (χ1) is 13.0. The quantitative estimate of drug-likeness (QED) is 0.706. The van der Waals surface area contributed by atoms with Gasteiger partial charge in [-0.15, -0.1) is 0 Å². The van der Waals surface area contributed by atoms with Crippen LogP contribution in [0.4, 0.5) is 0 Å². The van der Waals surface area contributed by atoms with E-state index in [4.69, 9.17) is 4.42 Å². The summed E-state index contributed by atoms with van der Waals surface area (Å²) < 4.78 is 5.19. The van der Waals surface area contributed by atoms with E-state index in [9.17, 15) is 14.7 Å². The number of rotatable bonds is 7. The highest BCUT2D eigenvalue weighted by Gasteiger charge is 2.42. The van der Waals surface area contributed by atoms with E-state index in [0.717, 1.165) is 10.5 Å². The monoisotopic (exact) mass is 368 g/mol. The summed E-state index contributed by atoms with van der Waals surface area (Å²) in [5.74, 6) is -0.951. The second-order valence-corrected chi connectivity index (χ2v) is 6.61. The largest absolute Gasteiger partial charge is 0.503 e. The van der Waals surface area contributed by atoms with Gasteiger partial charge in [0.2, 0.25) is 0 Å². The second-order valence-electron chi connectivity index (χ2n) is 6.61. The van der Waals surface area contributed by atoms with Crippen molar-refractivity contribution < 1.29 is 24.0 Å². The Kier molecular flexibility index (Phi) is 5.52. The van der Waals surface area contributed by atoms with E-state index in [1.807, 2.05) is 14.1 Å². The number of aliphatic hydroxyl groups is 1. The predicted molar refractivity (Wildman–Crippen MR) is 98.8 cm³/mol. The summed E-state index contributed by atoms with van der Waals surface area (Å²) in [6.07, 6.45) is 7.54. The molecule has 2 aromatic rings. The number of aliphatic hydroxyl groups excluding tert-OH is 1. The summed E-state index contributed by atoms with van der Waals surface area (Å²) in [4.78, 5) is 32.2. The number of amides is 1. The molecule has 3 rings (SSSR count). The van der Waals surface area contributed by atoms with Gasteiger partial charge in [-0.2, -0.15) is 0 Å². The van der Waals surface area contributed by atoms with Gasteiger partial charge in [-0.25, -0.2) is 0 Å². The average Bonchev–Trinajstić information content (AvgIpc) is 3.26. The van der Waals surface area contributed by atoms with Crippen LogP contribution in [-0.4, -0.2) is 53.9 Å². The number of ketones is 1. The van der Waals surface area contributed by atoms with Crippen molar-refractivity contribution in [3.05, 3.63) is 71.7 Å². The van der Waals surface area contributed by atoms with Crippen LogP contribution in [0.3, 0.4) is 0 Å². The maximum atomic E-state index is 12.8. The number of carbonyl (C=O) groups excluding carboxylic acids is 2. The zero-order chi connectivity index (χ0) is 19.4. The van der Waals surface area contributed by atoms with Crippen molar-refractivity contribution in [3.8, 4) is 0 Å². The highest BCUT2D eigenvalue weighted by molar-refractivity contribution is 6.14. The summed E-state index contributed by atoms with van der Waals surface area (Å²) in [5.41, 5.74) is 0.800. The van der Waals surface area contributed by atoms with Crippen LogP contribution in [0.15, 0.2) is 64.7 Å². The third-order valence-electron chi connectivity index (χ3n) is 4.39. The van der Waals surface area contributed by atoms with Crippen LogP contribution in [0.1, 0.15) is 17.4 Å². The number of allylic oxidation sites excluding steroid dienone is 1. The lowest BCUT2D eigenvalue weighted by molar-refractivity contribution is -0.857. The molecule has 0 unspecified atom stereocenters. The minimum atomic E-state index is -0.645. The molecule has 27 heavy (non-hydrogen) atoms. The molecular weight excluding hydrogens is 346 g/mol. The molecule has 1 aliphatic heterocycles. The summed E-state index contributed by atoms with van der Waals surface area (Å²) >= 11 is 0. The van der Waals surface area contributed by atoms with Crippen molar-refractivity contribution in [1.29, 1.82) is 0 Å². The molecule has 0 saturated carbocycles. The maximum Gasteiger partial charge on any atom is 0.290 e. The fourth-order valence-electron chi connectivity index (χ4n) is 3.01. The molecule has 1 aliphatic rings. The first-order valence-electron chi connectivity index (χ1n) is 8.68. The molecule has 1 atom stereocenters. The molecule has 3 heterocycles. The van der Waals surface area contributed by atoms with Crippen LogP contribution in [0, 0.1) is 0 Å². The number of likely N-dealkylation sites (N-methyl/N-ethyl adjacent to an activating group) is 1. The van der Waals surface area contributed by atoms with Crippen molar-refractivity contribution in [2.75, 3.05) is 27.2 Å². The zero-order valence-corrected chi connectivity index (χ0v) is 15.3. The fourth-order valence-corrected chi connectivity index (χ4v) is 3.01. The fraction of sp³-hybridized carbons (Fsp3) is 0.250. The van der Waals surface area contributed by atoms with Gasteiger partial charge < -0.3 is 19.3 Å². The van der Waals surface area contributed by atoms with E-state index in [2.05, 4.69) is 4.98 Å². The zero-order valence-electron chi connectivity index (χ0n) is 15.3. The summed E-state index contributed by atoms with van der Waals surface area (Å²) in [6, 6.07) is 6.27. The van der Waals surface area contributed by atoms with Crippen molar-refractivity contribution >= 4 is 17.8 Å². The molecule has 0 spiro atoms. The number of carbonyl (C=O) groups is 2. The predicted octanol–water partition coefficient (Wildman–Crippen LogP) is 0.797. The highest BCUT2D eigenvalue weighted by atomic mass is 16.3. The Hall–Kier alpha value is -3.19. The van der Waals surface area contributed by atoms with Crippen LogP contribution >= 0.6 is 0 Å². The molecule has 2 N–H and O–H groups in total. The van der Waals surface area contributed by atoms with Crippen molar-refractivity contribution in [3.63, 3.8) is 0 Å². The van der Waals surface area contributed by atoms with Gasteiger partial charge in [-0.05, 0) is 42.0 Å². The van der Waals surface area contributed by atoms with Gasteiger partial charge in [0, 0.05) is 12.4 Å². The normalized spacial score (nSPS) is 17.5. The number of hydrogen-bond donors (Lipinski definition) is 2. The number of quaternary nitrogens is 1. The van der Waals surface area contributed by atoms with E-state index in [-0.39, 0.29) is 5.57 Å². The van der Waals surface area contributed by atoms with Gasteiger partial charge in [-0.1, -0.05) is 0 Å². The van der Waals surface area contributed by atoms with Gasteiger partial charge in [-0.3, -0.25) is 14.6 Å². The lowest BCUT2D eigenvalue weighted by Crippen LogP contribution is -3.06. The van der Waals surface area contributed by atoms with Crippen LogP contribution in [0.2, 0.25) is 0 Å². The first kappa shape index (κ1) is 18.6. The Morgan fingerprint density at radius 3 is 2.70 bits per heavy atom. The topological polar surface area (TPSA) is 88.1 Å². The van der Waals surface area contributed by atoms with Crippen LogP contribution < -0.4 is 4.90 Å². The summed E-state index contributed by atoms with van der Waals surface area (Å²) in [5, 5.41) is 10.4. The van der Waals surface area contributed by atoms with E-state index in [1.165, 1.54) is 23.3 Å². The van der Waals surface area contributed by atoms with Crippen molar-refractivity contribution in [2.45, 2.75) is 6.04 Å². The third-order valence-corrected chi connectivity index (χ3v) is 4.39. The Bertz CT molecular complexity index is 870. The maximum absolute atomic E-state index is 12.8. The Morgan fingerprint density at radius 1 is 1.33 bits per heavy atom. The van der Waals surface area contributed by atoms with Crippen molar-refractivity contribution in [2.24, 2.45) is 0 Å². The molecule has 0 radical (unpaired) electrons. The standard InChI is InChI=1S/C20H21N3O4/c1-22(2)11-12-23-18(14-7-9-21-10-8-14)17(19(25)20(23)26)16(24)6-5-15-4-3-13-27-15/h3-10,13,18,25H,11-12H2,1-2H3/p+1/b6-5+/t18-/m1/s1. The van der Waals surface area contributed by atoms with Gasteiger partial charge in [0.15, 0.2) is 11.5 Å². The second kappa shape index (κ2) is 8.01. The third kappa shape index (κ3) is 3.98. The van der Waals surface area contributed by atoms with Gasteiger partial charge in [0.25, 0.3) is 5.91 Å². The molecule has 7 nitrogen and oxygen atoms in total. The number of pyridine rings is 1. The van der Waals surface area contributed by atoms with Crippen LogP contribution in [-0.2, 0) is 9.59 Å². The van der Waals surface area contributed by atoms with E-state index in [0.29, 0.717) is 18.8 Å². The van der Waals surface area contributed by atoms with Gasteiger partial charge in [0.05, 0.1) is 45.1 Å². The highest BCUT2D eigenvalue weighted by Crippen LogP contribution is 2.37. The number of hydrogen-bond acceptors (Lipinski definition) is 5. The van der Waals surface area contributed by atoms with E-state index >= 15 is 0 Å². The lowest BCUT2D eigenvalue weighted by Gasteiger charge is -2.26. The average molecular weight is 368 g/mol. The van der Waals surface area contributed by atoms with Gasteiger partial charge in [0.1, 0.15) is 5.76 Å². The summed E-state index contributed by atoms with van der Waals surface area (Å²) in [6.45, 7) is 1.10. The minimum Gasteiger partial charge on any atom is -0.503 e. The number of aromatic nitrogens is 1. The number of nitrogens with zero attached hydrogens (tertiary/aromatic N) is 2. The SMILES string of the molecule is C[NH+](C)CCN1C(=O)C(O)=C(C(=O)/C=C/c2ccco2)[C@H]1c1ccncc1. The van der Waals surface area contributed by atoms with E-state index < -0.39 is 23.5 Å². The molecule has 2 aromatic heterocycles. The molecule has 0 aliphatic carbocycles. The molecule has 0 bridgehead atoms. The Labute approximate surface area is 157 Å². The molecule has 0 saturated heterocycles. The smallest absolute Gasteiger partial charge is 0.290 e. The molecule has 140 valence electrons. The molecule has 0 aromatic carbocycles.